The van der Waals surface area contributed by atoms with Gasteiger partial charge in [-0.25, -0.2) is 0 Å². The number of aryl methyl sites for hydroxylation is 2. The van der Waals surface area contributed by atoms with Gasteiger partial charge >= 0.3 is 0 Å². The Morgan fingerprint density at radius 3 is 1.15 bits per heavy atom. The van der Waals surface area contributed by atoms with Gasteiger partial charge in [-0.05, 0) is 165 Å². The molecule has 0 amide bonds. The van der Waals surface area contributed by atoms with E-state index in [2.05, 4.69) is 72.8 Å². The summed E-state index contributed by atoms with van der Waals surface area (Å²) in [5, 5.41) is 35.9. The second-order valence-electron chi connectivity index (χ2n) is 12.9. The van der Waals surface area contributed by atoms with Crippen molar-refractivity contribution in [3.05, 3.63) is 83.9 Å². The predicted octanol–water partition coefficient (Wildman–Crippen LogP) is 11.1. The minimum atomic E-state index is 1.16. The van der Waals surface area contributed by atoms with E-state index in [4.69, 9.17) is 0 Å². The summed E-state index contributed by atoms with van der Waals surface area (Å²) in [5.74, 6) is 0. The average molecular weight is 497 g/mol. The molecular weight excluding hydrogens is 480 g/mol. The first-order valence-corrected chi connectivity index (χ1v) is 14.7. The molecule has 1 aliphatic carbocycles. The van der Waals surface area contributed by atoms with E-state index in [9.17, 15) is 0 Å². The summed E-state index contributed by atoms with van der Waals surface area (Å²) in [6.07, 6.45) is 2.32. The van der Waals surface area contributed by atoms with Crippen LogP contribution in [-0.2, 0) is 12.8 Å². The third kappa shape index (κ3) is 1.36. The van der Waals surface area contributed by atoms with Crippen molar-refractivity contribution < 1.29 is 0 Å². The number of benzene rings is 11. The molecule has 176 valence electrons. The third-order valence-corrected chi connectivity index (χ3v) is 11.7. The van der Waals surface area contributed by atoms with E-state index in [0.717, 1.165) is 12.8 Å². The smallest absolute Gasteiger partial charge is 0.0000244 e. The SMILES string of the molecule is c1cc2c3ccc4ccc5c6cccc7c8cc9c%10c(cc%11c(c1)c2c1c2c3c4c5c2c(c67)c2c8c%10c%11c12)CC9. The lowest BCUT2D eigenvalue weighted by Crippen LogP contribution is -1.91. The van der Waals surface area contributed by atoms with Gasteiger partial charge in [0.05, 0.1) is 0 Å². The fourth-order valence-corrected chi connectivity index (χ4v) is 10.6. The maximum Gasteiger partial charge on any atom is -0.0000244 e. The Bertz CT molecular complexity index is 3020. The van der Waals surface area contributed by atoms with Gasteiger partial charge in [0.25, 0.3) is 0 Å². The Morgan fingerprint density at radius 2 is 0.650 bits per heavy atom. The van der Waals surface area contributed by atoms with Crippen LogP contribution in [0.15, 0.2) is 72.8 Å². The molecule has 1 aliphatic rings. The van der Waals surface area contributed by atoms with Gasteiger partial charge in [-0.2, -0.15) is 0 Å². The van der Waals surface area contributed by atoms with Crippen LogP contribution in [0.25, 0.3) is 129 Å². The summed E-state index contributed by atoms with van der Waals surface area (Å²) in [6.45, 7) is 0. The van der Waals surface area contributed by atoms with Gasteiger partial charge < -0.3 is 0 Å². The van der Waals surface area contributed by atoms with E-state index in [1.54, 1.807) is 43.4 Å². The third-order valence-electron chi connectivity index (χ3n) is 11.7. The molecule has 0 saturated heterocycles. The topological polar surface area (TPSA) is 0 Å². The number of rotatable bonds is 0. The van der Waals surface area contributed by atoms with Crippen molar-refractivity contribution in [1.82, 2.24) is 0 Å². The second-order valence-corrected chi connectivity index (χ2v) is 12.9. The summed E-state index contributed by atoms with van der Waals surface area (Å²) in [6, 6.07) is 29.0. The summed E-state index contributed by atoms with van der Waals surface area (Å²) >= 11 is 0. The lowest BCUT2D eigenvalue weighted by molar-refractivity contribution is 1.03. The van der Waals surface area contributed by atoms with Crippen molar-refractivity contribution >= 4 is 129 Å². The summed E-state index contributed by atoms with van der Waals surface area (Å²) in [4.78, 5) is 0. The van der Waals surface area contributed by atoms with Crippen molar-refractivity contribution in [2.24, 2.45) is 0 Å². The Hall–Kier alpha value is -4.94. The first-order valence-electron chi connectivity index (χ1n) is 14.7. The molecule has 14 rings (SSSR count). The summed E-state index contributed by atoms with van der Waals surface area (Å²) < 4.78 is 0. The zero-order valence-corrected chi connectivity index (χ0v) is 21.3. The lowest BCUT2D eigenvalue weighted by atomic mass is 9.82. The lowest BCUT2D eigenvalue weighted by Gasteiger charge is -2.19. The van der Waals surface area contributed by atoms with Crippen LogP contribution in [0.1, 0.15) is 11.1 Å². The van der Waals surface area contributed by atoms with E-state index < -0.39 is 0 Å². The van der Waals surface area contributed by atoms with E-state index in [0.29, 0.717) is 0 Å². The maximum absolute atomic E-state index is 2.59. The zero-order valence-electron chi connectivity index (χ0n) is 21.3. The molecular formula is C40H16. The van der Waals surface area contributed by atoms with Gasteiger partial charge in [0.1, 0.15) is 0 Å². The fourth-order valence-electron chi connectivity index (χ4n) is 10.6. The molecule has 0 radical (unpaired) electrons. The molecule has 0 saturated carbocycles. The van der Waals surface area contributed by atoms with Crippen molar-refractivity contribution in [3.63, 3.8) is 0 Å². The first-order chi connectivity index (χ1) is 19.9. The summed E-state index contributed by atoms with van der Waals surface area (Å²) in [5.41, 5.74) is 3.12. The van der Waals surface area contributed by atoms with Crippen LogP contribution < -0.4 is 0 Å². The highest BCUT2D eigenvalue weighted by Crippen LogP contribution is 2.63. The highest BCUT2D eigenvalue weighted by Gasteiger charge is 2.35. The maximum atomic E-state index is 2.59. The molecule has 0 bridgehead atoms. The van der Waals surface area contributed by atoms with Gasteiger partial charge in [0, 0.05) is 0 Å². The minimum Gasteiger partial charge on any atom is -0.0610 e. The Kier molecular flexibility index (Phi) is 2.16. The molecule has 0 nitrogen and oxygen atoms in total. The van der Waals surface area contributed by atoms with Gasteiger partial charge in [-0.15, -0.1) is 0 Å². The fraction of sp³-hybridized carbons (Fsp3) is 0.0500. The molecule has 0 unspecified atom stereocenters. The van der Waals surface area contributed by atoms with Gasteiger partial charge in [-0.1, -0.05) is 60.7 Å². The normalized spacial score (nSPS) is 15.3. The number of hydrogen-bond acceptors (Lipinski definition) is 0. The molecule has 0 aromatic heterocycles. The van der Waals surface area contributed by atoms with Crippen LogP contribution in [0.4, 0.5) is 0 Å². The van der Waals surface area contributed by atoms with Crippen LogP contribution in [0.3, 0.4) is 0 Å². The number of fused-ring (bicyclic) bond motifs is 4. The van der Waals surface area contributed by atoms with Crippen molar-refractivity contribution in [2.75, 3.05) is 0 Å². The first kappa shape index (κ1) is 17.6. The number of hydrogen-bond donors (Lipinski definition) is 0. The quantitative estimate of drug-likeness (QED) is 0.145. The molecule has 0 aliphatic heterocycles. The monoisotopic (exact) mass is 496 g/mol. The van der Waals surface area contributed by atoms with E-state index in [1.165, 1.54) is 97.0 Å². The van der Waals surface area contributed by atoms with Crippen LogP contribution in [0, 0.1) is 0 Å². The standard InChI is InChI=1S/C40H16/c1-3-18-22-11-9-15-10-12-23-19-4-2-6-21-25-14-17-8-7-16-13-24-20(5-1)28(18)35-37-30(22)27(15)31(23)38(37)36(29(19)21)40-33(25)34(26(16)17)32(24)39(35)40/h1-6,9-14H,7-8H2. The highest BCUT2D eigenvalue weighted by atomic mass is 14.4. The largest absolute Gasteiger partial charge is 0.0610 e. The van der Waals surface area contributed by atoms with Crippen LogP contribution in [-0.4, -0.2) is 0 Å². The van der Waals surface area contributed by atoms with Crippen LogP contribution in [0.5, 0.6) is 0 Å². The Balaban J connectivity index is 1.60. The van der Waals surface area contributed by atoms with E-state index >= 15 is 0 Å². The molecule has 13 aromatic carbocycles. The minimum absolute atomic E-state index is 1.16. The second kappa shape index (κ2) is 4.91. The highest BCUT2D eigenvalue weighted by molar-refractivity contribution is 6.64. The van der Waals surface area contributed by atoms with Crippen molar-refractivity contribution in [1.29, 1.82) is 0 Å². The predicted molar refractivity (Wildman–Crippen MR) is 173 cm³/mol. The van der Waals surface area contributed by atoms with Crippen molar-refractivity contribution in [2.45, 2.75) is 12.8 Å². The molecule has 0 atom stereocenters. The Labute approximate surface area is 225 Å². The molecule has 0 spiro atoms. The van der Waals surface area contributed by atoms with E-state index in [1.807, 2.05) is 0 Å². The Morgan fingerprint density at radius 1 is 0.275 bits per heavy atom. The average Bonchev–Trinajstić information content (AvgIpc) is 3.68. The molecule has 40 heavy (non-hydrogen) atoms. The van der Waals surface area contributed by atoms with Crippen LogP contribution >= 0.6 is 0 Å². The molecule has 0 fully saturated rings. The van der Waals surface area contributed by atoms with Crippen molar-refractivity contribution in [3.8, 4) is 0 Å². The zero-order chi connectivity index (χ0) is 24.9. The van der Waals surface area contributed by atoms with Crippen LogP contribution in [0.2, 0.25) is 0 Å². The van der Waals surface area contributed by atoms with Gasteiger partial charge in [0.15, 0.2) is 0 Å². The van der Waals surface area contributed by atoms with Gasteiger partial charge in [0.2, 0.25) is 0 Å². The molecule has 13 aromatic rings. The van der Waals surface area contributed by atoms with E-state index in [-0.39, 0.29) is 0 Å². The summed E-state index contributed by atoms with van der Waals surface area (Å²) in [7, 11) is 0. The van der Waals surface area contributed by atoms with Gasteiger partial charge in [-0.3, -0.25) is 0 Å². The molecule has 0 heterocycles. The molecule has 0 heteroatoms. The molecule has 0 N–H and O–H groups in total.